The highest BCUT2D eigenvalue weighted by Gasteiger charge is 2.16. The number of methoxy groups -OCH3 is 2. The summed E-state index contributed by atoms with van der Waals surface area (Å²) in [5.74, 6) is -0.292. The van der Waals surface area contributed by atoms with Crippen LogP contribution in [0, 0.1) is 0 Å². The summed E-state index contributed by atoms with van der Waals surface area (Å²) >= 11 is 0. The molecule has 0 spiro atoms. The molecule has 3 aromatic rings. The van der Waals surface area contributed by atoms with Gasteiger partial charge in [0, 0.05) is 34.5 Å². The first-order valence-corrected chi connectivity index (χ1v) is 8.94. The molecule has 0 aliphatic rings. The van der Waals surface area contributed by atoms with Gasteiger partial charge in [0.15, 0.2) is 0 Å². The van der Waals surface area contributed by atoms with Gasteiger partial charge in [0.25, 0.3) is 5.56 Å². The lowest BCUT2D eigenvalue weighted by Gasteiger charge is -2.14. The van der Waals surface area contributed by atoms with Gasteiger partial charge in [0.05, 0.1) is 19.6 Å². The Morgan fingerprint density at radius 2 is 1.76 bits per heavy atom. The van der Waals surface area contributed by atoms with Crippen LogP contribution in [0.15, 0.2) is 53.0 Å². The number of aromatic hydroxyl groups is 1. The molecule has 0 fully saturated rings. The molecule has 2 N–H and O–H groups in total. The monoisotopic (exact) mass is 395 g/mol. The number of aromatic nitrogens is 1. The average molecular weight is 395 g/mol. The Morgan fingerprint density at radius 1 is 1.10 bits per heavy atom. The first-order chi connectivity index (χ1) is 13.9. The Balaban J connectivity index is 2.39. The molecule has 0 radical (unpaired) electrons. The van der Waals surface area contributed by atoms with Crippen LogP contribution in [0.2, 0.25) is 0 Å². The fourth-order valence-electron chi connectivity index (χ4n) is 3.11. The topological polar surface area (TPSA) is 98.0 Å². The van der Waals surface area contributed by atoms with E-state index >= 15 is 0 Å². The summed E-state index contributed by atoms with van der Waals surface area (Å²) < 4.78 is 11.7. The molecule has 0 unspecified atom stereocenters. The van der Waals surface area contributed by atoms with Crippen LogP contribution in [-0.2, 0) is 4.79 Å². The lowest BCUT2D eigenvalue weighted by molar-refractivity contribution is -0.132. The molecule has 0 amide bonds. The highest BCUT2D eigenvalue weighted by molar-refractivity contribution is 5.99. The fraction of sp³-hybridized carbons (Fsp3) is 0.182. The molecule has 3 rings (SSSR count). The van der Waals surface area contributed by atoms with E-state index in [1.807, 2.05) is 0 Å². The van der Waals surface area contributed by atoms with Gasteiger partial charge in [-0.3, -0.25) is 9.36 Å². The lowest BCUT2D eigenvalue weighted by Crippen LogP contribution is -2.19. The highest BCUT2D eigenvalue weighted by Crippen LogP contribution is 2.32. The van der Waals surface area contributed by atoms with Crippen molar-refractivity contribution in [2.24, 2.45) is 0 Å². The van der Waals surface area contributed by atoms with E-state index in [0.29, 0.717) is 34.6 Å². The number of pyridine rings is 1. The van der Waals surface area contributed by atoms with Crippen molar-refractivity contribution in [2.75, 3.05) is 14.2 Å². The minimum atomic E-state index is -1.05. The van der Waals surface area contributed by atoms with E-state index in [1.165, 1.54) is 23.8 Å². The SMILES string of the molecule is CC/C(=C\c1cn(-c2ccc(OC)cc2)c(=O)c2c(O)cc(OC)cc12)C(=O)O. The van der Waals surface area contributed by atoms with E-state index in [0.717, 1.165) is 0 Å². The third kappa shape index (κ3) is 3.80. The lowest BCUT2D eigenvalue weighted by atomic mass is 10.0. The average Bonchev–Trinajstić information content (AvgIpc) is 2.72. The standard InChI is InChI=1S/C22H21NO6/c1-4-13(22(26)27)9-14-12-23(15-5-7-16(28-2)8-6-15)21(25)20-18(14)10-17(29-3)11-19(20)24/h5-12,24H,4H2,1-3H3,(H,26,27)/b13-9+. The molecule has 0 atom stereocenters. The third-order valence-electron chi connectivity index (χ3n) is 4.67. The van der Waals surface area contributed by atoms with Crippen molar-refractivity contribution in [3.63, 3.8) is 0 Å². The molecule has 7 heteroatoms. The number of carboxylic acid groups (broad SMARTS) is 1. The number of aliphatic carboxylic acids is 1. The number of benzene rings is 2. The van der Waals surface area contributed by atoms with Crippen LogP contribution in [0.25, 0.3) is 22.5 Å². The summed E-state index contributed by atoms with van der Waals surface area (Å²) in [5.41, 5.74) is 0.768. The second kappa shape index (κ2) is 8.10. The van der Waals surface area contributed by atoms with Crippen molar-refractivity contribution in [2.45, 2.75) is 13.3 Å². The maximum Gasteiger partial charge on any atom is 0.331 e. The molecule has 0 aliphatic carbocycles. The highest BCUT2D eigenvalue weighted by atomic mass is 16.5. The Hall–Kier alpha value is -3.74. The van der Waals surface area contributed by atoms with E-state index in [2.05, 4.69) is 0 Å². The van der Waals surface area contributed by atoms with E-state index in [-0.39, 0.29) is 16.7 Å². The minimum absolute atomic E-state index is 0.0798. The summed E-state index contributed by atoms with van der Waals surface area (Å²) in [5, 5.41) is 20.4. The molecule has 0 aliphatic heterocycles. The number of phenolic OH excluding ortho intramolecular Hbond substituents is 1. The van der Waals surface area contributed by atoms with Gasteiger partial charge in [-0.1, -0.05) is 6.92 Å². The van der Waals surface area contributed by atoms with Gasteiger partial charge in [-0.25, -0.2) is 4.79 Å². The molecule has 0 saturated carbocycles. The van der Waals surface area contributed by atoms with Crippen LogP contribution in [0.3, 0.4) is 0 Å². The number of ether oxygens (including phenoxy) is 2. The van der Waals surface area contributed by atoms with Crippen LogP contribution in [0.4, 0.5) is 0 Å². The van der Waals surface area contributed by atoms with E-state index in [4.69, 9.17) is 9.47 Å². The number of rotatable bonds is 6. The third-order valence-corrected chi connectivity index (χ3v) is 4.67. The van der Waals surface area contributed by atoms with Gasteiger partial charge in [0.2, 0.25) is 0 Å². The first kappa shape index (κ1) is 20.0. The zero-order valence-corrected chi connectivity index (χ0v) is 16.3. The normalized spacial score (nSPS) is 11.5. The molecule has 1 heterocycles. The van der Waals surface area contributed by atoms with Crippen LogP contribution >= 0.6 is 0 Å². The molecule has 7 nitrogen and oxygen atoms in total. The van der Waals surface area contributed by atoms with Crippen LogP contribution in [0.1, 0.15) is 18.9 Å². The van der Waals surface area contributed by atoms with Crippen molar-refractivity contribution in [3.05, 3.63) is 64.1 Å². The molecule has 0 bridgehead atoms. The van der Waals surface area contributed by atoms with E-state index in [1.54, 1.807) is 50.6 Å². The van der Waals surface area contributed by atoms with Gasteiger partial charge < -0.3 is 19.7 Å². The summed E-state index contributed by atoms with van der Waals surface area (Å²) in [6.45, 7) is 1.74. The van der Waals surface area contributed by atoms with Gasteiger partial charge in [-0.15, -0.1) is 0 Å². The van der Waals surface area contributed by atoms with Crippen molar-refractivity contribution in [1.82, 2.24) is 4.57 Å². The van der Waals surface area contributed by atoms with Crippen LogP contribution < -0.4 is 15.0 Å². The number of carboxylic acids is 1. The quantitative estimate of drug-likeness (QED) is 0.619. The minimum Gasteiger partial charge on any atom is -0.507 e. The number of hydrogen-bond acceptors (Lipinski definition) is 5. The maximum absolute atomic E-state index is 13.1. The van der Waals surface area contributed by atoms with E-state index in [9.17, 15) is 19.8 Å². The summed E-state index contributed by atoms with van der Waals surface area (Å²) in [6, 6.07) is 9.80. The van der Waals surface area contributed by atoms with Crippen molar-refractivity contribution in [3.8, 4) is 22.9 Å². The van der Waals surface area contributed by atoms with Crippen LogP contribution in [0.5, 0.6) is 17.2 Å². The molecule has 0 saturated heterocycles. The number of fused-ring (bicyclic) bond motifs is 1. The Bertz CT molecular complexity index is 1160. The van der Waals surface area contributed by atoms with Crippen molar-refractivity contribution in [1.29, 1.82) is 0 Å². The molecular formula is C22H21NO6. The second-order valence-electron chi connectivity index (χ2n) is 6.35. The number of hydrogen-bond donors (Lipinski definition) is 2. The predicted molar refractivity (Wildman–Crippen MR) is 110 cm³/mol. The van der Waals surface area contributed by atoms with Gasteiger partial charge >= 0.3 is 5.97 Å². The molecule has 29 heavy (non-hydrogen) atoms. The van der Waals surface area contributed by atoms with E-state index < -0.39 is 11.5 Å². The molecule has 150 valence electrons. The largest absolute Gasteiger partial charge is 0.507 e. The zero-order chi connectivity index (χ0) is 21.1. The van der Waals surface area contributed by atoms with Crippen LogP contribution in [-0.4, -0.2) is 35.0 Å². The molecule has 2 aromatic carbocycles. The van der Waals surface area contributed by atoms with Gasteiger partial charge in [-0.05, 0) is 42.8 Å². The Kier molecular flexibility index (Phi) is 5.59. The summed E-state index contributed by atoms with van der Waals surface area (Å²) in [4.78, 5) is 24.7. The number of nitrogens with zero attached hydrogens (tertiary/aromatic N) is 1. The van der Waals surface area contributed by atoms with Crippen molar-refractivity contribution >= 4 is 22.8 Å². The Labute approximate surface area is 167 Å². The summed E-state index contributed by atoms with van der Waals surface area (Å²) in [7, 11) is 2.99. The number of carbonyl (C=O) groups is 1. The van der Waals surface area contributed by atoms with Crippen molar-refractivity contribution < 1.29 is 24.5 Å². The first-order valence-electron chi connectivity index (χ1n) is 8.94. The smallest absolute Gasteiger partial charge is 0.331 e. The maximum atomic E-state index is 13.1. The predicted octanol–water partition coefficient (Wildman–Crippen LogP) is 3.59. The van der Waals surface area contributed by atoms with Gasteiger partial charge in [-0.2, -0.15) is 0 Å². The fourth-order valence-corrected chi connectivity index (χ4v) is 3.11. The Morgan fingerprint density at radius 3 is 2.31 bits per heavy atom. The zero-order valence-electron chi connectivity index (χ0n) is 16.3. The summed E-state index contributed by atoms with van der Waals surface area (Å²) in [6.07, 6.45) is 3.36. The molecule has 1 aromatic heterocycles. The second-order valence-corrected chi connectivity index (χ2v) is 6.35. The van der Waals surface area contributed by atoms with Gasteiger partial charge in [0.1, 0.15) is 17.2 Å². The molecular weight excluding hydrogens is 374 g/mol. The number of phenols is 1.